The summed E-state index contributed by atoms with van der Waals surface area (Å²) < 4.78 is 5.50. The lowest BCUT2D eigenvalue weighted by molar-refractivity contribution is 0.167. The first-order valence-corrected chi connectivity index (χ1v) is 6.96. The zero-order valence-corrected chi connectivity index (χ0v) is 9.81. The van der Waals surface area contributed by atoms with E-state index >= 15 is 0 Å². The van der Waals surface area contributed by atoms with Crippen LogP contribution in [0.15, 0.2) is 0 Å². The Labute approximate surface area is 91.2 Å². The summed E-state index contributed by atoms with van der Waals surface area (Å²) in [4.78, 5) is 0. The minimum atomic E-state index is 0.720. The Balaban J connectivity index is 1.91. The molecule has 2 heterocycles. The molecule has 0 bridgehead atoms. The minimum absolute atomic E-state index is 0.720. The molecule has 3 unspecified atom stereocenters. The molecule has 2 rings (SSSR count). The summed E-state index contributed by atoms with van der Waals surface area (Å²) in [6, 6.07) is 0.720. The highest BCUT2D eigenvalue weighted by molar-refractivity contribution is 7.99. The Hall–Kier alpha value is 0.270. The molecule has 0 radical (unpaired) electrons. The maximum absolute atomic E-state index is 5.50. The van der Waals surface area contributed by atoms with E-state index in [1.54, 1.807) is 0 Å². The van der Waals surface area contributed by atoms with E-state index in [9.17, 15) is 0 Å². The van der Waals surface area contributed by atoms with Gasteiger partial charge < -0.3 is 10.1 Å². The summed E-state index contributed by atoms with van der Waals surface area (Å²) in [6.45, 7) is 5.28. The van der Waals surface area contributed by atoms with E-state index in [-0.39, 0.29) is 0 Å². The van der Waals surface area contributed by atoms with Crippen LogP contribution in [0.4, 0.5) is 0 Å². The van der Waals surface area contributed by atoms with Crippen LogP contribution in [0.25, 0.3) is 0 Å². The molecule has 0 aliphatic carbocycles. The van der Waals surface area contributed by atoms with E-state index in [1.165, 1.54) is 24.3 Å². The zero-order valence-electron chi connectivity index (χ0n) is 9.00. The van der Waals surface area contributed by atoms with Crippen LogP contribution in [-0.4, -0.2) is 37.3 Å². The molecule has 0 amide bonds. The first-order chi connectivity index (χ1) is 6.92. The van der Waals surface area contributed by atoms with Gasteiger partial charge in [-0.15, -0.1) is 0 Å². The predicted molar refractivity (Wildman–Crippen MR) is 61.8 cm³/mol. The van der Waals surface area contributed by atoms with Crippen molar-refractivity contribution in [1.82, 2.24) is 5.32 Å². The number of nitrogens with one attached hydrogen (secondary N) is 1. The van der Waals surface area contributed by atoms with Crippen molar-refractivity contribution in [3.63, 3.8) is 0 Å². The average molecular weight is 215 g/mol. The first-order valence-electron chi connectivity index (χ1n) is 5.80. The van der Waals surface area contributed by atoms with Gasteiger partial charge in [-0.05, 0) is 36.8 Å². The number of rotatable bonds is 4. The Morgan fingerprint density at radius 2 is 2.36 bits per heavy atom. The van der Waals surface area contributed by atoms with Crippen molar-refractivity contribution in [3.05, 3.63) is 0 Å². The molecule has 82 valence electrons. The van der Waals surface area contributed by atoms with Gasteiger partial charge in [-0.25, -0.2) is 0 Å². The average Bonchev–Trinajstić information content (AvgIpc) is 2.87. The smallest absolute Gasteiger partial charge is 0.0510 e. The molecule has 0 aromatic carbocycles. The van der Waals surface area contributed by atoms with Gasteiger partial charge in [-0.1, -0.05) is 6.92 Å². The van der Waals surface area contributed by atoms with Crippen molar-refractivity contribution in [3.8, 4) is 0 Å². The Morgan fingerprint density at radius 1 is 1.43 bits per heavy atom. The maximum Gasteiger partial charge on any atom is 0.0510 e. The van der Waals surface area contributed by atoms with E-state index < -0.39 is 0 Å². The van der Waals surface area contributed by atoms with Gasteiger partial charge in [0.15, 0.2) is 0 Å². The van der Waals surface area contributed by atoms with Gasteiger partial charge in [0.05, 0.1) is 6.61 Å². The van der Waals surface area contributed by atoms with E-state index in [2.05, 4.69) is 24.0 Å². The number of hydrogen-bond donors (Lipinski definition) is 1. The normalized spacial score (nSPS) is 34.9. The molecule has 2 nitrogen and oxygen atoms in total. The summed E-state index contributed by atoms with van der Waals surface area (Å²) in [7, 11) is 0. The molecule has 2 aliphatic rings. The molecular weight excluding hydrogens is 194 g/mol. The van der Waals surface area contributed by atoms with Crippen molar-refractivity contribution in [1.29, 1.82) is 0 Å². The highest BCUT2D eigenvalue weighted by Crippen LogP contribution is 2.32. The molecule has 0 saturated carbocycles. The molecule has 0 spiro atoms. The standard InChI is InChI=1S/C11H21NOS/c1-2-12-11(9-3-5-13-7-9)10-4-6-14-8-10/h9-12H,2-8H2,1H3. The number of hydrogen-bond acceptors (Lipinski definition) is 3. The third-order valence-electron chi connectivity index (χ3n) is 3.39. The van der Waals surface area contributed by atoms with Crippen LogP contribution in [0.5, 0.6) is 0 Å². The lowest BCUT2D eigenvalue weighted by Crippen LogP contribution is -2.42. The molecule has 3 atom stereocenters. The van der Waals surface area contributed by atoms with Gasteiger partial charge in [-0.2, -0.15) is 11.8 Å². The third-order valence-corrected chi connectivity index (χ3v) is 4.57. The second-order valence-corrected chi connectivity index (χ2v) is 5.48. The zero-order chi connectivity index (χ0) is 9.80. The van der Waals surface area contributed by atoms with Crippen LogP contribution in [0.3, 0.4) is 0 Å². The topological polar surface area (TPSA) is 21.3 Å². The van der Waals surface area contributed by atoms with Crippen molar-refractivity contribution in [2.45, 2.75) is 25.8 Å². The fourth-order valence-corrected chi connectivity index (χ4v) is 3.94. The highest BCUT2D eigenvalue weighted by Gasteiger charge is 2.33. The molecule has 2 aliphatic heterocycles. The Morgan fingerprint density at radius 3 is 2.93 bits per heavy atom. The van der Waals surface area contributed by atoms with Crippen LogP contribution in [0, 0.1) is 11.8 Å². The van der Waals surface area contributed by atoms with Gasteiger partial charge in [-0.3, -0.25) is 0 Å². The molecule has 0 aromatic rings. The van der Waals surface area contributed by atoms with Gasteiger partial charge in [0, 0.05) is 18.6 Å². The van der Waals surface area contributed by atoms with Crippen LogP contribution < -0.4 is 5.32 Å². The van der Waals surface area contributed by atoms with Crippen molar-refractivity contribution in [2.75, 3.05) is 31.3 Å². The summed E-state index contributed by atoms with van der Waals surface area (Å²) in [5.41, 5.74) is 0. The summed E-state index contributed by atoms with van der Waals surface area (Å²) in [5, 5.41) is 3.67. The summed E-state index contributed by atoms with van der Waals surface area (Å²) in [5.74, 6) is 4.39. The third kappa shape index (κ3) is 2.44. The molecule has 14 heavy (non-hydrogen) atoms. The highest BCUT2D eigenvalue weighted by atomic mass is 32.2. The maximum atomic E-state index is 5.50. The lowest BCUT2D eigenvalue weighted by Gasteiger charge is -2.28. The first kappa shape index (κ1) is 10.8. The Kier molecular flexibility index (Phi) is 4.14. The quantitative estimate of drug-likeness (QED) is 0.772. The molecule has 2 saturated heterocycles. The van der Waals surface area contributed by atoms with Gasteiger partial charge in [0.1, 0.15) is 0 Å². The molecule has 1 N–H and O–H groups in total. The van der Waals surface area contributed by atoms with Crippen molar-refractivity contribution < 1.29 is 4.74 Å². The Bertz CT molecular complexity index is 149. The fourth-order valence-electron chi connectivity index (χ4n) is 2.63. The van der Waals surface area contributed by atoms with Gasteiger partial charge in [0.25, 0.3) is 0 Å². The van der Waals surface area contributed by atoms with Crippen molar-refractivity contribution in [2.24, 2.45) is 11.8 Å². The molecular formula is C11H21NOS. The number of ether oxygens (including phenoxy) is 1. The summed E-state index contributed by atoms with van der Waals surface area (Å²) >= 11 is 2.11. The van der Waals surface area contributed by atoms with Gasteiger partial charge in [0.2, 0.25) is 0 Å². The van der Waals surface area contributed by atoms with Crippen LogP contribution in [-0.2, 0) is 4.74 Å². The van der Waals surface area contributed by atoms with E-state index in [1.807, 2.05) is 0 Å². The minimum Gasteiger partial charge on any atom is -0.381 e. The lowest BCUT2D eigenvalue weighted by atomic mass is 9.87. The predicted octanol–water partition coefficient (Wildman–Crippen LogP) is 1.75. The largest absolute Gasteiger partial charge is 0.381 e. The SMILES string of the molecule is CCNC(C1CCOC1)C1CCSC1. The number of thioether (sulfide) groups is 1. The second-order valence-electron chi connectivity index (χ2n) is 4.33. The van der Waals surface area contributed by atoms with Crippen LogP contribution in [0.2, 0.25) is 0 Å². The molecule has 0 aromatic heterocycles. The second kappa shape index (κ2) is 5.38. The molecule has 2 fully saturated rings. The van der Waals surface area contributed by atoms with E-state index in [0.29, 0.717) is 0 Å². The van der Waals surface area contributed by atoms with E-state index in [4.69, 9.17) is 4.74 Å². The van der Waals surface area contributed by atoms with Crippen LogP contribution in [0.1, 0.15) is 19.8 Å². The summed E-state index contributed by atoms with van der Waals surface area (Å²) in [6.07, 6.45) is 2.66. The van der Waals surface area contributed by atoms with Crippen LogP contribution >= 0.6 is 11.8 Å². The fraction of sp³-hybridized carbons (Fsp3) is 1.00. The van der Waals surface area contributed by atoms with Crippen molar-refractivity contribution >= 4 is 11.8 Å². The monoisotopic (exact) mass is 215 g/mol. The molecule has 3 heteroatoms. The van der Waals surface area contributed by atoms with E-state index in [0.717, 1.165) is 37.6 Å². The van der Waals surface area contributed by atoms with Gasteiger partial charge >= 0.3 is 0 Å².